The molecule has 15 heteroatoms. The lowest BCUT2D eigenvalue weighted by atomic mass is 10.1. The van der Waals surface area contributed by atoms with Crippen LogP contribution in [0.15, 0.2) is 70.1 Å². The first-order valence-corrected chi connectivity index (χ1v) is 14.0. The van der Waals surface area contributed by atoms with E-state index in [0.717, 1.165) is 22.5 Å². The summed E-state index contributed by atoms with van der Waals surface area (Å²) in [7, 11) is -4.57. The number of carboxylic acid groups (broad SMARTS) is 1. The van der Waals surface area contributed by atoms with Gasteiger partial charge in [0.05, 0.1) is 38.3 Å². The standard InChI is InChI=1S/C26H18Cl2F3N3O6S/c27-18-5-2-6-19(28)23(18)25-32-24(33-40-25)14-7-9-21-20(11-14)34(13-16(39-21)8-10-22(35)36)41(37,38)17-4-1-3-15(12-17)26(29,30)31/h1-7,9,11-12,16H,8,10,13H2,(H,35,36)/t16-/m1/s1. The van der Waals surface area contributed by atoms with E-state index < -0.39 is 38.7 Å². The average molecular weight is 628 g/mol. The average Bonchev–Trinajstić information content (AvgIpc) is 3.40. The lowest BCUT2D eigenvalue weighted by molar-refractivity contribution is -0.138. The van der Waals surface area contributed by atoms with Crippen LogP contribution in [0.5, 0.6) is 5.75 Å². The topological polar surface area (TPSA) is 123 Å². The van der Waals surface area contributed by atoms with Crippen molar-refractivity contribution in [1.29, 1.82) is 0 Å². The first-order valence-electron chi connectivity index (χ1n) is 11.9. The van der Waals surface area contributed by atoms with E-state index in [0.29, 0.717) is 17.2 Å². The largest absolute Gasteiger partial charge is 0.486 e. The molecule has 1 N–H and O–H groups in total. The predicted molar refractivity (Wildman–Crippen MR) is 142 cm³/mol. The van der Waals surface area contributed by atoms with Gasteiger partial charge in [-0.1, -0.05) is 40.5 Å². The van der Waals surface area contributed by atoms with Gasteiger partial charge in [-0.2, -0.15) is 18.2 Å². The van der Waals surface area contributed by atoms with E-state index in [9.17, 15) is 26.4 Å². The molecular formula is C26H18Cl2F3N3O6S. The Bertz CT molecular complexity index is 1730. The molecule has 3 aromatic carbocycles. The van der Waals surface area contributed by atoms with E-state index in [2.05, 4.69) is 10.1 Å². The van der Waals surface area contributed by atoms with Gasteiger partial charge in [0.25, 0.3) is 15.9 Å². The number of carbonyl (C=O) groups is 1. The van der Waals surface area contributed by atoms with Crippen molar-refractivity contribution in [3.8, 4) is 28.6 Å². The molecule has 0 unspecified atom stereocenters. The monoisotopic (exact) mass is 627 g/mol. The van der Waals surface area contributed by atoms with Gasteiger partial charge < -0.3 is 14.4 Å². The number of fused-ring (bicyclic) bond motifs is 1. The molecule has 0 saturated carbocycles. The number of sulfonamides is 1. The molecule has 0 aliphatic carbocycles. The minimum atomic E-state index is -4.77. The van der Waals surface area contributed by atoms with E-state index in [1.165, 1.54) is 18.2 Å². The van der Waals surface area contributed by atoms with Crippen LogP contribution in [0.2, 0.25) is 10.0 Å². The Kier molecular flexibility index (Phi) is 7.62. The fourth-order valence-corrected chi connectivity index (χ4v) is 6.32. The summed E-state index contributed by atoms with van der Waals surface area (Å²) in [6.07, 6.45) is -6.01. The van der Waals surface area contributed by atoms with Gasteiger partial charge in [0.15, 0.2) is 0 Å². The Morgan fingerprint density at radius 2 is 1.78 bits per heavy atom. The fraction of sp³-hybridized carbons (Fsp3) is 0.192. The first-order chi connectivity index (χ1) is 19.3. The van der Waals surface area contributed by atoms with Gasteiger partial charge in [-0.05, 0) is 55.0 Å². The molecule has 41 heavy (non-hydrogen) atoms. The summed E-state index contributed by atoms with van der Waals surface area (Å²) in [6, 6.07) is 12.5. The second-order valence-corrected chi connectivity index (χ2v) is 11.6. The molecule has 1 atom stereocenters. The number of rotatable bonds is 7. The van der Waals surface area contributed by atoms with E-state index in [-0.39, 0.29) is 52.6 Å². The number of hydrogen-bond acceptors (Lipinski definition) is 7. The summed E-state index contributed by atoms with van der Waals surface area (Å²) in [4.78, 5) is 14.9. The number of carboxylic acids is 1. The van der Waals surface area contributed by atoms with Crippen molar-refractivity contribution in [2.75, 3.05) is 10.8 Å². The maximum absolute atomic E-state index is 13.7. The van der Waals surface area contributed by atoms with Gasteiger partial charge in [0, 0.05) is 12.0 Å². The van der Waals surface area contributed by atoms with Crippen LogP contribution in [-0.2, 0) is 21.0 Å². The van der Waals surface area contributed by atoms with E-state index in [4.69, 9.17) is 37.6 Å². The highest BCUT2D eigenvalue weighted by Crippen LogP contribution is 2.42. The first kappa shape index (κ1) is 28.7. The van der Waals surface area contributed by atoms with E-state index in [1.54, 1.807) is 18.2 Å². The number of ether oxygens (including phenoxy) is 1. The molecule has 1 aromatic heterocycles. The number of halogens is 5. The zero-order valence-electron chi connectivity index (χ0n) is 20.6. The smallest absolute Gasteiger partial charge is 0.416 e. The van der Waals surface area contributed by atoms with Crippen molar-refractivity contribution in [3.05, 3.63) is 76.3 Å². The van der Waals surface area contributed by atoms with Crippen LogP contribution in [0.1, 0.15) is 18.4 Å². The van der Waals surface area contributed by atoms with Crippen LogP contribution in [0.4, 0.5) is 18.9 Å². The van der Waals surface area contributed by atoms with Gasteiger partial charge in [0.2, 0.25) is 5.82 Å². The van der Waals surface area contributed by atoms with Crippen molar-refractivity contribution in [2.24, 2.45) is 0 Å². The molecule has 0 fully saturated rings. The molecule has 0 bridgehead atoms. The predicted octanol–water partition coefficient (Wildman–Crippen LogP) is 6.55. The summed E-state index contributed by atoms with van der Waals surface area (Å²) in [6.45, 7) is -0.352. The van der Waals surface area contributed by atoms with Gasteiger partial charge in [-0.25, -0.2) is 8.42 Å². The Hall–Kier alpha value is -3.81. The highest BCUT2D eigenvalue weighted by atomic mass is 35.5. The summed E-state index contributed by atoms with van der Waals surface area (Å²) < 4.78 is 79.7. The number of aliphatic carboxylic acids is 1. The molecule has 9 nitrogen and oxygen atoms in total. The van der Waals surface area contributed by atoms with Crippen LogP contribution < -0.4 is 9.04 Å². The molecule has 0 radical (unpaired) electrons. The van der Waals surface area contributed by atoms with E-state index in [1.807, 2.05) is 0 Å². The van der Waals surface area contributed by atoms with Crippen molar-refractivity contribution >= 4 is 44.9 Å². The Morgan fingerprint density at radius 1 is 1.07 bits per heavy atom. The second kappa shape index (κ2) is 10.9. The van der Waals surface area contributed by atoms with E-state index >= 15 is 0 Å². The molecule has 1 aliphatic heterocycles. The third kappa shape index (κ3) is 5.83. The maximum atomic E-state index is 13.7. The molecule has 214 valence electrons. The lowest BCUT2D eigenvalue weighted by Crippen LogP contribution is -2.43. The van der Waals surface area contributed by atoms with Crippen LogP contribution in [0.25, 0.3) is 22.8 Å². The number of hydrogen-bond donors (Lipinski definition) is 1. The summed E-state index contributed by atoms with van der Waals surface area (Å²) in [5, 5.41) is 13.6. The molecule has 5 rings (SSSR count). The van der Waals surface area contributed by atoms with Gasteiger partial charge in [-0.15, -0.1) is 0 Å². The molecule has 0 saturated heterocycles. The van der Waals surface area contributed by atoms with Crippen LogP contribution in [0.3, 0.4) is 0 Å². The zero-order chi connectivity index (χ0) is 29.5. The number of anilines is 1. The van der Waals surface area contributed by atoms with Crippen molar-refractivity contribution in [1.82, 2.24) is 10.1 Å². The van der Waals surface area contributed by atoms with Crippen molar-refractivity contribution in [3.63, 3.8) is 0 Å². The third-order valence-corrected chi connectivity index (χ3v) is 8.59. The second-order valence-electron chi connectivity index (χ2n) is 8.94. The molecule has 2 heterocycles. The van der Waals surface area contributed by atoms with Crippen LogP contribution in [-0.4, -0.2) is 42.3 Å². The highest BCUT2D eigenvalue weighted by Gasteiger charge is 2.37. The minimum absolute atomic E-state index is 0.00591. The Morgan fingerprint density at radius 3 is 2.46 bits per heavy atom. The van der Waals surface area contributed by atoms with Crippen molar-refractivity contribution in [2.45, 2.75) is 30.0 Å². The van der Waals surface area contributed by atoms with Crippen LogP contribution >= 0.6 is 23.2 Å². The third-order valence-electron chi connectivity index (χ3n) is 6.18. The Balaban J connectivity index is 1.57. The highest BCUT2D eigenvalue weighted by molar-refractivity contribution is 7.92. The normalized spacial score (nSPS) is 15.3. The van der Waals surface area contributed by atoms with Crippen molar-refractivity contribution < 1.29 is 40.8 Å². The zero-order valence-corrected chi connectivity index (χ0v) is 22.9. The van der Waals surface area contributed by atoms with Gasteiger partial charge in [-0.3, -0.25) is 9.10 Å². The lowest BCUT2D eigenvalue weighted by Gasteiger charge is -2.35. The summed E-state index contributed by atoms with van der Waals surface area (Å²) in [5.74, 6) is -0.993. The molecule has 0 spiro atoms. The summed E-state index contributed by atoms with van der Waals surface area (Å²) in [5.41, 5.74) is -0.556. The number of nitrogens with zero attached hydrogens (tertiary/aromatic N) is 3. The molecule has 1 aliphatic rings. The minimum Gasteiger partial charge on any atom is -0.486 e. The molecule has 0 amide bonds. The summed E-state index contributed by atoms with van der Waals surface area (Å²) >= 11 is 12.5. The number of benzene rings is 3. The number of aromatic nitrogens is 2. The molecule has 4 aromatic rings. The quantitative estimate of drug-likeness (QED) is 0.245. The van der Waals surface area contributed by atoms with Crippen LogP contribution in [0, 0.1) is 0 Å². The SMILES string of the molecule is O=C(O)CC[C@@H]1CN(S(=O)(=O)c2cccc(C(F)(F)F)c2)c2cc(-c3noc(-c4c(Cl)cccc4Cl)n3)ccc2O1. The van der Waals surface area contributed by atoms with Gasteiger partial charge >= 0.3 is 12.1 Å². The number of alkyl halides is 3. The van der Waals surface area contributed by atoms with Gasteiger partial charge in [0.1, 0.15) is 11.9 Å². The fourth-order valence-electron chi connectivity index (χ4n) is 4.22. The molecular weight excluding hydrogens is 610 g/mol. The Labute approximate surface area is 241 Å². The maximum Gasteiger partial charge on any atom is 0.416 e.